The van der Waals surface area contributed by atoms with Crippen molar-refractivity contribution in [3.8, 4) is 17.2 Å². The number of halogens is 1. The molecule has 0 saturated heterocycles. The van der Waals surface area contributed by atoms with E-state index in [9.17, 15) is 4.79 Å². The average molecular weight is 349 g/mol. The number of carbonyl (C=O) groups is 1. The van der Waals surface area contributed by atoms with Crippen molar-refractivity contribution in [2.45, 2.75) is 13.8 Å². The Kier molecular flexibility index (Phi) is 5.02. The van der Waals surface area contributed by atoms with Crippen LogP contribution in [0.15, 0.2) is 36.4 Å². The van der Waals surface area contributed by atoms with Gasteiger partial charge in [-0.1, -0.05) is 22.0 Å². The molecule has 3 nitrogen and oxygen atoms in total. The van der Waals surface area contributed by atoms with E-state index in [2.05, 4.69) is 15.9 Å². The molecule has 0 amide bonds. The number of rotatable bonds is 5. The average Bonchev–Trinajstić information content (AvgIpc) is 2.46. The quantitative estimate of drug-likeness (QED) is 0.581. The predicted octanol–water partition coefficient (Wildman–Crippen LogP) is 4.68. The molecule has 0 aromatic heterocycles. The zero-order valence-corrected chi connectivity index (χ0v) is 13.9. The Labute approximate surface area is 133 Å². The van der Waals surface area contributed by atoms with Gasteiger partial charge in [0.2, 0.25) is 0 Å². The monoisotopic (exact) mass is 348 g/mol. The molecular formula is C17H17BrO3. The molecule has 0 unspecified atom stereocenters. The van der Waals surface area contributed by atoms with Crippen LogP contribution in [0.4, 0.5) is 0 Å². The summed E-state index contributed by atoms with van der Waals surface area (Å²) in [4.78, 5) is 11.9. The van der Waals surface area contributed by atoms with Gasteiger partial charge in [0.15, 0.2) is 5.78 Å². The van der Waals surface area contributed by atoms with Crippen LogP contribution in [0.3, 0.4) is 0 Å². The Bertz CT molecular complexity index is 642. The lowest BCUT2D eigenvalue weighted by molar-refractivity contribution is 0.102. The molecule has 0 bridgehead atoms. The Hall–Kier alpha value is -1.81. The number of hydrogen-bond donors (Lipinski definition) is 0. The Morgan fingerprint density at radius 2 is 1.67 bits per heavy atom. The molecular weight excluding hydrogens is 332 g/mol. The highest BCUT2D eigenvalue weighted by atomic mass is 79.9. The number of ketones is 1. The van der Waals surface area contributed by atoms with Crippen molar-refractivity contribution in [3.63, 3.8) is 0 Å². The molecule has 0 radical (unpaired) electrons. The zero-order valence-electron chi connectivity index (χ0n) is 12.3. The summed E-state index contributed by atoms with van der Waals surface area (Å²) < 4.78 is 11.0. The van der Waals surface area contributed by atoms with E-state index in [1.165, 1.54) is 0 Å². The van der Waals surface area contributed by atoms with E-state index in [1.807, 2.05) is 50.2 Å². The molecule has 2 rings (SSSR count). The maximum atomic E-state index is 11.9. The zero-order chi connectivity index (χ0) is 15.4. The number of alkyl halides is 1. The van der Waals surface area contributed by atoms with Crippen molar-refractivity contribution in [2.75, 3.05) is 12.4 Å². The topological polar surface area (TPSA) is 35.5 Å². The summed E-state index contributed by atoms with van der Waals surface area (Å²) in [6.07, 6.45) is 0. The van der Waals surface area contributed by atoms with Crippen LogP contribution >= 0.6 is 15.9 Å². The molecule has 2 aromatic carbocycles. The highest BCUT2D eigenvalue weighted by Gasteiger charge is 2.13. The van der Waals surface area contributed by atoms with Crippen molar-refractivity contribution >= 4 is 21.7 Å². The van der Waals surface area contributed by atoms with Gasteiger partial charge in [-0.25, -0.2) is 0 Å². The fourth-order valence-corrected chi connectivity index (χ4v) is 2.57. The number of carbonyl (C=O) groups excluding carboxylic acids is 1. The summed E-state index contributed by atoms with van der Waals surface area (Å²) in [5.74, 6) is 2.24. The molecule has 21 heavy (non-hydrogen) atoms. The smallest absolute Gasteiger partial charge is 0.173 e. The second-order valence-corrected chi connectivity index (χ2v) is 5.33. The Balaban J connectivity index is 2.31. The van der Waals surface area contributed by atoms with Gasteiger partial charge < -0.3 is 9.47 Å². The van der Waals surface area contributed by atoms with Gasteiger partial charge >= 0.3 is 0 Å². The molecule has 0 spiro atoms. The summed E-state index contributed by atoms with van der Waals surface area (Å²) in [5.41, 5.74) is 2.58. The lowest BCUT2D eigenvalue weighted by atomic mass is 9.99. The third-order valence-electron chi connectivity index (χ3n) is 3.18. The van der Waals surface area contributed by atoms with Gasteiger partial charge in [-0.15, -0.1) is 0 Å². The molecule has 110 valence electrons. The standard InChI is InChI=1S/C17H17BrO3/c1-11-7-15(8-12(2)17(11)16(19)10-18)21-14-6-4-5-13(9-14)20-3/h4-9H,10H2,1-3H3. The molecule has 0 aliphatic heterocycles. The summed E-state index contributed by atoms with van der Waals surface area (Å²) in [6.45, 7) is 3.84. The van der Waals surface area contributed by atoms with Crippen LogP contribution < -0.4 is 9.47 Å². The normalized spacial score (nSPS) is 10.3. The van der Waals surface area contributed by atoms with Gasteiger partial charge in [-0.2, -0.15) is 0 Å². The summed E-state index contributed by atoms with van der Waals surface area (Å²) in [6, 6.07) is 11.2. The van der Waals surface area contributed by atoms with Gasteiger partial charge in [0.1, 0.15) is 17.2 Å². The van der Waals surface area contributed by atoms with E-state index < -0.39 is 0 Å². The molecule has 0 aliphatic carbocycles. The first-order valence-electron chi connectivity index (χ1n) is 6.57. The Morgan fingerprint density at radius 3 is 2.24 bits per heavy atom. The van der Waals surface area contributed by atoms with Crippen LogP contribution in [-0.4, -0.2) is 18.2 Å². The maximum absolute atomic E-state index is 11.9. The number of hydrogen-bond acceptors (Lipinski definition) is 3. The largest absolute Gasteiger partial charge is 0.497 e. The van der Waals surface area contributed by atoms with E-state index in [1.54, 1.807) is 7.11 Å². The van der Waals surface area contributed by atoms with E-state index >= 15 is 0 Å². The highest BCUT2D eigenvalue weighted by molar-refractivity contribution is 9.09. The van der Waals surface area contributed by atoms with Gasteiger partial charge in [0.25, 0.3) is 0 Å². The highest BCUT2D eigenvalue weighted by Crippen LogP contribution is 2.28. The first-order valence-corrected chi connectivity index (χ1v) is 7.69. The number of benzene rings is 2. The molecule has 0 fully saturated rings. The van der Waals surface area contributed by atoms with E-state index in [4.69, 9.17) is 9.47 Å². The minimum absolute atomic E-state index is 0.0814. The molecule has 4 heteroatoms. The lowest BCUT2D eigenvalue weighted by Crippen LogP contribution is -2.05. The first kappa shape index (κ1) is 15.6. The second-order valence-electron chi connectivity index (χ2n) is 4.77. The summed E-state index contributed by atoms with van der Waals surface area (Å²) in [7, 11) is 1.62. The number of ether oxygens (including phenoxy) is 2. The van der Waals surface area contributed by atoms with Crippen molar-refractivity contribution in [2.24, 2.45) is 0 Å². The van der Waals surface area contributed by atoms with Crippen molar-refractivity contribution in [1.82, 2.24) is 0 Å². The molecule has 2 aromatic rings. The van der Waals surface area contributed by atoms with Crippen LogP contribution in [0.2, 0.25) is 0 Å². The van der Waals surface area contributed by atoms with E-state index in [0.29, 0.717) is 16.8 Å². The third-order valence-corrected chi connectivity index (χ3v) is 3.69. The van der Waals surface area contributed by atoms with Crippen molar-refractivity contribution < 1.29 is 14.3 Å². The molecule has 0 heterocycles. The van der Waals surface area contributed by atoms with Crippen LogP contribution in [0.1, 0.15) is 21.5 Å². The molecule has 0 atom stereocenters. The molecule has 0 saturated carbocycles. The summed E-state index contributed by atoms with van der Waals surface area (Å²) in [5, 5.41) is 0.324. The minimum atomic E-state index is 0.0814. The van der Waals surface area contributed by atoms with Crippen LogP contribution in [0.5, 0.6) is 17.2 Å². The van der Waals surface area contributed by atoms with Gasteiger partial charge in [0.05, 0.1) is 12.4 Å². The number of methoxy groups -OCH3 is 1. The van der Waals surface area contributed by atoms with Gasteiger partial charge in [0, 0.05) is 11.6 Å². The van der Waals surface area contributed by atoms with Crippen molar-refractivity contribution in [3.05, 3.63) is 53.1 Å². The van der Waals surface area contributed by atoms with Crippen LogP contribution in [0, 0.1) is 13.8 Å². The maximum Gasteiger partial charge on any atom is 0.173 e. The SMILES string of the molecule is COc1cccc(Oc2cc(C)c(C(=O)CBr)c(C)c2)c1. The summed E-state index contributed by atoms with van der Waals surface area (Å²) >= 11 is 3.21. The fraction of sp³-hybridized carbons (Fsp3) is 0.235. The van der Waals surface area contributed by atoms with Gasteiger partial charge in [-0.05, 0) is 49.2 Å². The second kappa shape index (κ2) is 6.76. The first-order chi connectivity index (χ1) is 10.0. The predicted molar refractivity (Wildman–Crippen MR) is 87.1 cm³/mol. The molecule has 0 aliphatic rings. The number of aryl methyl sites for hydroxylation is 2. The van der Waals surface area contributed by atoms with E-state index in [-0.39, 0.29) is 5.78 Å². The van der Waals surface area contributed by atoms with Crippen molar-refractivity contribution in [1.29, 1.82) is 0 Å². The van der Waals surface area contributed by atoms with Crippen LogP contribution in [0.25, 0.3) is 0 Å². The number of Topliss-reactive ketones (excluding diaryl/α,β-unsaturated/α-hetero) is 1. The lowest BCUT2D eigenvalue weighted by Gasteiger charge is -2.12. The van der Waals surface area contributed by atoms with Gasteiger partial charge in [-0.3, -0.25) is 4.79 Å². The fourth-order valence-electron chi connectivity index (χ4n) is 2.29. The molecule has 0 N–H and O–H groups in total. The third kappa shape index (κ3) is 3.64. The minimum Gasteiger partial charge on any atom is -0.497 e. The Morgan fingerprint density at radius 1 is 1.05 bits per heavy atom. The van der Waals surface area contributed by atoms with Crippen LogP contribution in [-0.2, 0) is 0 Å². The van der Waals surface area contributed by atoms with E-state index in [0.717, 1.165) is 22.4 Å².